The van der Waals surface area contributed by atoms with E-state index in [2.05, 4.69) is 10.2 Å². The summed E-state index contributed by atoms with van der Waals surface area (Å²) in [4.78, 5) is 0. The molecular formula is C10H8ClFN2S. The van der Waals surface area contributed by atoms with Gasteiger partial charge < -0.3 is 0 Å². The van der Waals surface area contributed by atoms with Crippen molar-refractivity contribution in [3.05, 3.63) is 34.6 Å². The van der Waals surface area contributed by atoms with Crippen molar-refractivity contribution in [3.8, 4) is 10.6 Å². The average Bonchev–Trinajstić information content (AvgIpc) is 2.70. The van der Waals surface area contributed by atoms with E-state index in [0.717, 1.165) is 5.56 Å². The minimum Gasteiger partial charge on any atom is -0.206 e. The Morgan fingerprint density at radius 1 is 1.40 bits per heavy atom. The molecule has 15 heavy (non-hydrogen) atoms. The summed E-state index contributed by atoms with van der Waals surface area (Å²) in [6.07, 6.45) is 0. The highest BCUT2D eigenvalue weighted by Crippen LogP contribution is 2.27. The average molecular weight is 243 g/mol. The first kappa shape index (κ1) is 10.5. The molecule has 2 nitrogen and oxygen atoms in total. The van der Waals surface area contributed by atoms with Gasteiger partial charge in [0.05, 0.1) is 5.88 Å². The number of rotatable bonds is 2. The van der Waals surface area contributed by atoms with Crippen molar-refractivity contribution >= 4 is 22.9 Å². The van der Waals surface area contributed by atoms with Gasteiger partial charge in [0, 0.05) is 5.56 Å². The molecule has 0 saturated heterocycles. The Hall–Kier alpha value is -1.000. The summed E-state index contributed by atoms with van der Waals surface area (Å²) in [5.41, 5.74) is 1.48. The van der Waals surface area contributed by atoms with Crippen LogP contribution in [-0.2, 0) is 5.88 Å². The summed E-state index contributed by atoms with van der Waals surface area (Å²) in [5.74, 6) is 0.0309. The molecule has 2 aromatic rings. The molecule has 0 saturated carbocycles. The maximum atomic E-state index is 13.5. The van der Waals surface area contributed by atoms with Gasteiger partial charge in [0.15, 0.2) is 5.01 Å². The van der Waals surface area contributed by atoms with Gasteiger partial charge in [-0.2, -0.15) is 0 Å². The molecule has 1 aromatic carbocycles. The van der Waals surface area contributed by atoms with Crippen LogP contribution < -0.4 is 0 Å². The van der Waals surface area contributed by atoms with E-state index in [1.54, 1.807) is 12.1 Å². The predicted molar refractivity (Wildman–Crippen MR) is 59.6 cm³/mol. The molecule has 0 aliphatic carbocycles. The number of halogens is 2. The first-order valence-corrected chi connectivity index (χ1v) is 5.70. The van der Waals surface area contributed by atoms with E-state index in [1.165, 1.54) is 17.4 Å². The Morgan fingerprint density at radius 3 is 2.87 bits per heavy atom. The summed E-state index contributed by atoms with van der Waals surface area (Å²) < 4.78 is 13.5. The number of nitrogens with zero attached hydrogens (tertiary/aromatic N) is 2. The quantitative estimate of drug-likeness (QED) is 0.755. The van der Waals surface area contributed by atoms with Gasteiger partial charge >= 0.3 is 0 Å². The zero-order valence-corrected chi connectivity index (χ0v) is 9.57. The first-order valence-electron chi connectivity index (χ1n) is 4.35. The molecule has 1 aromatic heterocycles. The predicted octanol–water partition coefficient (Wildman–Crippen LogP) is 3.39. The van der Waals surface area contributed by atoms with Gasteiger partial charge in [-0.3, -0.25) is 0 Å². The standard InChI is InChI=1S/C10H8ClFN2S/c1-6-2-3-8(12)7(4-6)10-14-13-9(5-11)15-10/h2-4H,5H2,1H3. The van der Waals surface area contributed by atoms with Crippen LogP contribution in [0, 0.1) is 12.7 Å². The minimum absolute atomic E-state index is 0.280. The highest BCUT2D eigenvalue weighted by atomic mass is 35.5. The van der Waals surface area contributed by atoms with Crippen LogP contribution in [0.15, 0.2) is 18.2 Å². The highest BCUT2D eigenvalue weighted by molar-refractivity contribution is 7.14. The topological polar surface area (TPSA) is 25.8 Å². The Labute approximate surface area is 95.7 Å². The van der Waals surface area contributed by atoms with Crippen LogP contribution >= 0.6 is 22.9 Å². The van der Waals surface area contributed by atoms with Crippen LogP contribution in [0.1, 0.15) is 10.6 Å². The third-order valence-corrected chi connectivity index (χ3v) is 3.30. The number of benzene rings is 1. The maximum Gasteiger partial charge on any atom is 0.150 e. The first-order chi connectivity index (χ1) is 7.20. The molecule has 0 fully saturated rings. The molecule has 5 heteroatoms. The molecule has 0 N–H and O–H groups in total. The number of hydrogen-bond acceptors (Lipinski definition) is 3. The van der Waals surface area contributed by atoms with Crippen molar-refractivity contribution < 1.29 is 4.39 Å². The summed E-state index contributed by atoms with van der Waals surface area (Å²) in [7, 11) is 0. The van der Waals surface area contributed by atoms with Gasteiger partial charge in [0.25, 0.3) is 0 Å². The van der Waals surface area contributed by atoms with Gasteiger partial charge in [0.2, 0.25) is 0 Å². The normalized spacial score (nSPS) is 10.6. The molecule has 0 bridgehead atoms. The van der Waals surface area contributed by atoms with Crippen LogP contribution in [-0.4, -0.2) is 10.2 Å². The molecule has 1 heterocycles. The largest absolute Gasteiger partial charge is 0.206 e. The number of alkyl halides is 1. The van der Waals surface area contributed by atoms with E-state index in [1.807, 2.05) is 6.92 Å². The number of hydrogen-bond donors (Lipinski definition) is 0. The van der Waals surface area contributed by atoms with Gasteiger partial charge in [-0.15, -0.1) is 21.8 Å². The fourth-order valence-electron chi connectivity index (χ4n) is 1.22. The van der Waals surface area contributed by atoms with Crippen LogP contribution in [0.25, 0.3) is 10.6 Å². The van der Waals surface area contributed by atoms with Gasteiger partial charge in [0.1, 0.15) is 10.8 Å². The Kier molecular flexibility index (Phi) is 2.98. The smallest absolute Gasteiger partial charge is 0.150 e. The third-order valence-electron chi connectivity index (χ3n) is 1.93. The fourth-order valence-corrected chi connectivity index (χ4v) is 2.14. The lowest BCUT2D eigenvalue weighted by Gasteiger charge is -1.99. The molecule has 0 atom stereocenters. The lowest BCUT2D eigenvalue weighted by Crippen LogP contribution is -1.84. The van der Waals surface area contributed by atoms with Crippen LogP contribution in [0.2, 0.25) is 0 Å². The number of aromatic nitrogens is 2. The lowest BCUT2D eigenvalue weighted by atomic mass is 10.1. The lowest BCUT2D eigenvalue weighted by molar-refractivity contribution is 0.630. The monoisotopic (exact) mass is 242 g/mol. The van der Waals surface area contributed by atoms with Crippen molar-refractivity contribution in [2.45, 2.75) is 12.8 Å². The molecule has 78 valence electrons. The minimum atomic E-state index is -0.280. The second kappa shape index (κ2) is 4.24. The molecule has 0 unspecified atom stereocenters. The molecule has 0 aliphatic heterocycles. The van der Waals surface area contributed by atoms with E-state index in [9.17, 15) is 4.39 Å². The van der Waals surface area contributed by atoms with Crippen LogP contribution in [0.3, 0.4) is 0 Å². The zero-order valence-electron chi connectivity index (χ0n) is 8.00. The molecule has 0 amide bonds. The van der Waals surface area contributed by atoms with Crippen LogP contribution in [0.4, 0.5) is 4.39 Å². The summed E-state index contributed by atoms with van der Waals surface area (Å²) >= 11 is 6.93. The summed E-state index contributed by atoms with van der Waals surface area (Å²) in [6.45, 7) is 1.91. The van der Waals surface area contributed by atoms with E-state index in [-0.39, 0.29) is 5.82 Å². The van der Waals surface area contributed by atoms with Crippen molar-refractivity contribution in [1.82, 2.24) is 10.2 Å². The molecular weight excluding hydrogens is 235 g/mol. The fraction of sp³-hybridized carbons (Fsp3) is 0.200. The van der Waals surface area contributed by atoms with Crippen LogP contribution in [0.5, 0.6) is 0 Å². The van der Waals surface area contributed by atoms with E-state index < -0.39 is 0 Å². The van der Waals surface area contributed by atoms with E-state index in [4.69, 9.17) is 11.6 Å². The zero-order chi connectivity index (χ0) is 10.8. The molecule has 0 spiro atoms. The van der Waals surface area contributed by atoms with E-state index >= 15 is 0 Å². The second-order valence-electron chi connectivity index (χ2n) is 3.12. The molecule has 0 radical (unpaired) electrons. The van der Waals surface area contributed by atoms with Crippen molar-refractivity contribution in [3.63, 3.8) is 0 Å². The van der Waals surface area contributed by atoms with Crippen molar-refractivity contribution in [1.29, 1.82) is 0 Å². The SMILES string of the molecule is Cc1ccc(F)c(-c2nnc(CCl)s2)c1. The van der Waals surface area contributed by atoms with Crippen molar-refractivity contribution in [2.24, 2.45) is 0 Å². The third kappa shape index (κ3) is 2.16. The Morgan fingerprint density at radius 2 is 2.20 bits per heavy atom. The summed E-state index contributed by atoms with van der Waals surface area (Å²) in [5, 5.41) is 9.03. The van der Waals surface area contributed by atoms with Crippen molar-refractivity contribution in [2.75, 3.05) is 0 Å². The van der Waals surface area contributed by atoms with E-state index in [0.29, 0.717) is 21.5 Å². The second-order valence-corrected chi connectivity index (χ2v) is 4.45. The highest BCUT2D eigenvalue weighted by Gasteiger charge is 2.10. The summed E-state index contributed by atoms with van der Waals surface area (Å²) in [6, 6.07) is 4.92. The Balaban J connectivity index is 2.48. The molecule has 0 aliphatic rings. The van der Waals surface area contributed by atoms with Gasteiger partial charge in [-0.25, -0.2) is 4.39 Å². The molecule has 2 rings (SSSR count). The van der Waals surface area contributed by atoms with Gasteiger partial charge in [-0.05, 0) is 19.1 Å². The Bertz CT molecular complexity index is 484. The number of aryl methyl sites for hydroxylation is 1. The maximum absolute atomic E-state index is 13.5. The van der Waals surface area contributed by atoms with Gasteiger partial charge in [-0.1, -0.05) is 23.0 Å².